The molecule has 0 unspecified atom stereocenters. The summed E-state index contributed by atoms with van der Waals surface area (Å²) in [5.74, 6) is 0.407. The van der Waals surface area contributed by atoms with Gasteiger partial charge in [-0.3, -0.25) is 4.79 Å². The maximum Gasteiger partial charge on any atom is 0.328 e. The molecule has 9 nitrogen and oxygen atoms in total. The maximum atomic E-state index is 12.2. The van der Waals surface area contributed by atoms with Crippen molar-refractivity contribution in [1.29, 1.82) is 0 Å². The van der Waals surface area contributed by atoms with E-state index in [-0.39, 0.29) is 12.5 Å². The fourth-order valence-electron chi connectivity index (χ4n) is 2.38. The molecule has 140 valence electrons. The molecule has 1 aromatic carbocycles. The van der Waals surface area contributed by atoms with Crippen molar-refractivity contribution >= 4 is 11.9 Å². The van der Waals surface area contributed by atoms with Gasteiger partial charge in [0.25, 0.3) is 0 Å². The van der Waals surface area contributed by atoms with Crippen molar-refractivity contribution < 1.29 is 19.1 Å². The number of tetrazole rings is 1. The molecular weight excluding hydrogens is 338 g/mol. The van der Waals surface area contributed by atoms with E-state index in [0.29, 0.717) is 18.0 Å². The van der Waals surface area contributed by atoms with E-state index in [1.165, 1.54) is 11.9 Å². The molecule has 0 spiro atoms. The third kappa shape index (κ3) is 5.27. The third-order valence-electron chi connectivity index (χ3n) is 3.59. The van der Waals surface area contributed by atoms with Crippen LogP contribution < -0.4 is 10.1 Å². The lowest BCUT2D eigenvalue weighted by Gasteiger charge is -2.17. The van der Waals surface area contributed by atoms with Gasteiger partial charge in [-0.25, -0.2) is 4.79 Å². The molecule has 0 saturated heterocycles. The average molecular weight is 361 g/mol. The molecular formula is C17H23N5O4. The lowest BCUT2D eigenvalue weighted by molar-refractivity contribution is -0.145. The number of hydrogen-bond acceptors (Lipinski definition) is 7. The van der Waals surface area contributed by atoms with Gasteiger partial charge in [0.05, 0.1) is 14.2 Å². The quantitative estimate of drug-likeness (QED) is 0.700. The van der Waals surface area contributed by atoms with Crippen LogP contribution in [0.15, 0.2) is 24.3 Å². The number of carbonyl (C=O) groups is 2. The Balaban J connectivity index is 2.03. The number of aromatic nitrogens is 4. The van der Waals surface area contributed by atoms with Crippen molar-refractivity contribution in [2.45, 2.75) is 32.9 Å². The Labute approximate surface area is 151 Å². The topological polar surface area (TPSA) is 108 Å². The molecule has 1 aromatic heterocycles. The fourth-order valence-corrected chi connectivity index (χ4v) is 2.38. The minimum atomic E-state index is -0.700. The predicted molar refractivity (Wildman–Crippen MR) is 93.2 cm³/mol. The van der Waals surface area contributed by atoms with E-state index in [0.717, 1.165) is 5.56 Å². The van der Waals surface area contributed by atoms with Gasteiger partial charge in [0, 0.05) is 5.56 Å². The summed E-state index contributed by atoms with van der Waals surface area (Å²) in [6.45, 7) is 3.77. The summed E-state index contributed by atoms with van der Waals surface area (Å²) in [5.41, 5.74) is 0.725. The van der Waals surface area contributed by atoms with Crippen molar-refractivity contribution in [1.82, 2.24) is 25.5 Å². The molecule has 1 atom stereocenters. The Kier molecular flexibility index (Phi) is 6.65. The minimum absolute atomic E-state index is 0.150. The molecule has 0 aliphatic rings. The van der Waals surface area contributed by atoms with Crippen molar-refractivity contribution in [3.63, 3.8) is 0 Å². The number of carbonyl (C=O) groups excluding carboxylic acids is 2. The second-order valence-electron chi connectivity index (χ2n) is 6.15. The van der Waals surface area contributed by atoms with Gasteiger partial charge in [-0.2, -0.15) is 4.80 Å². The summed E-state index contributed by atoms with van der Waals surface area (Å²) < 4.78 is 9.90. The highest BCUT2D eigenvalue weighted by Crippen LogP contribution is 2.19. The second-order valence-corrected chi connectivity index (χ2v) is 6.15. The number of nitrogens with zero attached hydrogens (tertiary/aromatic N) is 4. The summed E-state index contributed by atoms with van der Waals surface area (Å²) in [6, 6.07) is 6.52. The SMILES string of the molecule is COC(=O)[C@@H](CC(C)C)NC(=O)Cn1nnc(-c2cccc(OC)c2)n1. The highest BCUT2D eigenvalue weighted by Gasteiger charge is 2.23. The van der Waals surface area contributed by atoms with Gasteiger partial charge < -0.3 is 14.8 Å². The van der Waals surface area contributed by atoms with E-state index in [1.807, 2.05) is 32.0 Å². The zero-order valence-corrected chi connectivity index (χ0v) is 15.3. The number of benzene rings is 1. The van der Waals surface area contributed by atoms with E-state index in [2.05, 4.69) is 20.7 Å². The third-order valence-corrected chi connectivity index (χ3v) is 3.59. The van der Waals surface area contributed by atoms with Crippen LogP contribution in [0.2, 0.25) is 0 Å². The molecule has 0 bridgehead atoms. The summed E-state index contributed by atoms with van der Waals surface area (Å²) in [4.78, 5) is 25.2. The van der Waals surface area contributed by atoms with E-state index in [9.17, 15) is 9.59 Å². The second kappa shape index (κ2) is 8.93. The number of esters is 1. The largest absolute Gasteiger partial charge is 0.497 e. The summed E-state index contributed by atoms with van der Waals surface area (Å²) in [7, 11) is 2.86. The van der Waals surface area contributed by atoms with E-state index in [4.69, 9.17) is 9.47 Å². The van der Waals surface area contributed by atoms with Crippen LogP contribution in [0.4, 0.5) is 0 Å². The highest BCUT2D eigenvalue weighted by molar-refractivity contribution is 5.84. The van der Waals surface area contributed by atoms with Crippen LogP contribution in [-0.2, 0) is 20.9 Å². The zero-order valence-electron chi connectivity index (χ0n) is 15.3. The lowest BCUT2D eigenvalue weighted by Crippen LogP contribution is -2.43. The van der Waals surface area contributed by atoms with Crippen molar-refractivity contribution in [3.05, 3.63) is 24.3 Å². The van der Waals surface area contributed by atoms with Crippen molar-refractivity contribution in [2.75, 3.05) is 14.2 Å². The van der Waals surface area contributed by atoms with Crippen LogP contribution in [0, 0.1) is 5.92 Å². The summed E-state index contributed by atoms with van der Waals surface area (Å²) >= 11 is 0. The predicted octanol–water partition coefficient (Wildman–Crippen LogP) is 1.05. The zero-order chi connectivity index (χ0) is 19.1. The Bertz CT molecular complexity index is 759. The van der Waals surface area contributed by atoms with Crippen LogP contribution in [-0.4, -0.2) is 52.3 Å². The Morgan fingerprint density at radius 1 is 1.27 bits per heavy atom. The van der Waals surface area contributed by atoms with Gasteiger partial charge in [0.2, 0.25) is 11.7 Å². The Morgan fingerprint density at radius 2 is 2.04 bits per heavy atom. The van der Waals surface area contributed by atoms with Crippen molar-refractivity contribution in [2.24, 2.45) is 5.92 Å². The van der Waals surface area contributed by atoms with Gasteiger partial charge in [-0.05, 0) is 29.7 Å². The van der Waals surface area contributed by atoms with E-state index >= 15 is 0 Å². The fraction of sp³-hybridized carbons (Fsp3) is 0.471. The van der Waals surface area contributed by atoms with Gasteiger partial charge in [0.1, 0.15) is 18.3 Å². The summed E-state index contributed by atoms with van der Waals surface area (Å²) in [6.07, 6.45) is 0.484. The molecule has 1 N–H and O–H groups in total. The maximum absolute atomic E-state index is 12.2. The van der Waals surface area contributed by atoms with Crippen LogP contribution in [0.1, 0.15) is 20.3 Å². The molecule has 1 amide bonds. The first-order valence-corrected chi connectivity index (χ1v) is 8.22. The number of amides is 1. The lowest BCUT2D eigenvalue weighted by atomic mass is 10.0. The first-order valence-electron chi connectivity index (χ1n) is 8.22. The molecule has 26 heavy (non-hydrogen) atoms. The number of methoxy groups -OCH3 is 2. The first-order chi connectivity index (χ1) is 12.4. The van der Waals surface area contributed by atoms with Gasteiger partial charge in [-0.1, -0.05) is 26.0 Å². The van der Waals surface area contributed by atoms with Crippen molar-refractivity contribution in [3.8, 4) is 17.1 Å². The van der Waals surface area contributed by atoms with E-state index < -0.39 is 17.9 Å². The number of rotatable bonds is 8. The molecule has 0 fully saturated rings. The molecule has 0 aliphatic carbocycles. The van der Waals surface area contributed by atoms with Crippen LogP contribution in [0.5, 0.6) is 5.75 Å². The van der Waals surface area contributed by atoms with Gasteiger partial charge >= 0.3 is 5.97 Å². The molecule has 2 aromatic rings. The normalized spacial score (nSPS) is 11.9. The molecule has 1 heterocycles. The van der Waals surface area contributed by atoms with Crippen LogP contribution >= 0.6 is 0 Å². The summed E-state index contributed by atoms with van der Waals surface area (Å²) in [5, 5.41) is 14.7. The monoisotopic (exact) mass is 361 g/mol. The molecule has 0 saturated carbocycles. The Morgan fingerprint density at radius 3 is 2.69 bits per heavy atom. The van der Waals surface area contributed by atoms with Crippen LogP contribution in [0.25, 0.3) is 11.4 Å². The number of ether oxygens (including phenoxy) is 2. The van der Waals surface area contributed by atoms with Crippen LogP contribution in [0.3, 0.4) is 0 Å². The van der Waals surface area contributed by atoms with E-state index in [1.54, 1.807) is 13.2 Å². The highest BCUT2D eigenvalue weighted by atomic mass is 16.5. The number of nitrogens with one attached hydrogen (secondary N) is 1. The molecule has 0 aliphatic heterocycles. The average Bonchev–Trinajstić information content (AvgIpc) is 3.08. The first kappa shape index (κ1) is 19.4. The number of hydrogen-bond donors (Lipinski definition) is 1. The smallest absolute Gasteiger partial charge is 0.328 e. The molecule has 2 rings (SSSR count). The Hall–Kier alpha value is -2.97. The molecule has 9 heteroatoms. The minimum Gasteiger partial charge on any atom is -0.497 e. The van der Waals surface area contributed by atoms with Gasteiger partial charge in [0.15, 0.2) is 0 Å². The van der Waals surface area contributed by atoms with Gasteiger partial charge in [-0.15, -0.1) is 10.2 Å². The standard InChI is InChI=1S/C17H23N5O4/c1-11(2)8-14(17(24)26-4)18-15(23)10-22-20-16(19-21-22)12-6-5-7-13(9-12)25-3/h5-7,9,11,14H,8,10H2,1-4H3,(H,18,23)/t14-/m1/s1. The molecule has 0 radical (unpaired) electrons.